The maximum absolute atomic E-state index is 11.8. The third kappa shape index (κ3) is 3.95. The van der Waals surface area contributed by atoms with Gasteiger partial charge in [-0.1, -0.05) is 0 Å². The summed E-state index contributed by atoms with van der Waals surface area (Å²) in [4.78, 5) is 11.8. The zero-order valence-corrected chi connectivity index (χ0v) is 12.8. The highest BCUT2D eigenvalue weighted by Gasteiger charge is 2.20. The zero-order valence-electron chi connectivity index (χ0n) is 12.8. The molecule has 0 aromatic carbocycles. The summed E-state index contributed by atoms with van der Waals surface area (Å²) < 4.78 is 7.04. The first-order chi connectivity index (χ1) is 9.99. The fourth-order valence-electron chi connectivity index (χ4n) is 2.65. The Hall–Kier alpha value is -1.60. The van der Waals surface area contributed by atoms with Gasteiger partial charge in [-0.25, -0.2) is 4.79 Å². The Morgan fingerprint density at radius 1 is 1.57 bits per heavy atom. The number of aryl methyl sites for hydroxylation is 2. The van der Waals surface area contributed by atoms with Crippen molar-refractivity contribution in [2.75, 3.05) is 19.8 Å². The summed E-state index contributed by atoms with van der Waals surface area (Å²) in [7, 11) is 1.84. The summed E-state index contributed by atoms with van der Waals surface area (Å²) in [5, 5.41) is 20.0. The predicted molar refractivity (Wildman–Crippen MR) is 78.0 cm³/mol. The van der Waals surface area contributed by atoms with Crippen molar-refractivity contribution in [3.63, 3.8) is 0 Å². The molecule has 1 aliphatic rings. The summed E-state index contributed by atoms with van der Waals surface area (Å²) >= 11 is 0. The first-order valence-corrected chi connectivity index (χ1v) is 7.29. The number of aliphatic hydroxyl groups is 1. The van der Waals surface area contributed by atoms with Crippen molar-refractivity contribution >= 4 is 6.03 Å². The van der Waals surface area contributed by atoms with Crippen LogP contribution < -0.4 is 10.6 Å². The van der Waals surface area contributed by atoms with Gasteiger partial charge < -0.3 is 20.5 Å². The van der Waals surface area contributed by atoms with Gasteiger partial charge in [0.2, 0.25) is 0 Å². The van der Waals surface area contributed by atoms with Crippen LogP contribution in [0.4, 0.5) is 4.79 Å². The molecule has 0 saturated carbocycles. The van der Waals surface area contributed by atoms with E-state index < -0.39 is 6.10 Å². The number of urea groups is 1. The van der Waals surface area contributed by atoms with Crippen molar-refractivity contribution < 1.29 is 14.6 Å². The minimum atomic E-state index is -0.757. The lowest BCUT2D eigenvalue weighted by atomic mass is 10.1. The van der Waals surface area contributed by atoms with E-state index in [0.717, 1.165) is 36.4 Å². The van der Waals surface area contributed by atoms with Crippen LogP contribution >= 0.6 is 0 Å². The molecule has 0 spiro atoms. The average molecular weight is 296 g/mol. The van der Waals surface area contributed by atoms with Gasteiger partial charge in [-0.15, -0.1) is 0 Å². The second kappa shape index (κ2) is 6.91. The number of amides is 2. The number of rotatable bonds is 4. The van der Waals surface area contributed by atoms with Crippen molar-refractivity contribution in [1.82, 2.24) is 20.4 Å². The quantitative estimate of drug-likeness (QED) is 0.757. The second-order valence-corrected chi connectivity index (χ2v) is 5.49. The van der Waals surface area contributed by atoms with E-state index in [9.17, 15) is 9.90 Å². The molecule has 7 heteroatoms. The van der Waals surface area contributed by atoms with Gasteiger partial charge in [0.15, 0.2) is 0 Å². The molecule has 3 N–H and O–H groups in total. The molecule has 0 radical (unpaired) electrons. The first kappa shape index (κ1) is 15.8. The Bertz CT molecular complexity index is 495. The Morgan fingerprint density at radius 3 is 2.90 bits per heavy atom. The molecule has 2 heterocycles. The number of carbonyl (C=O) groups is 1. The fourth-order valence-corrected chi connectivity index (χ4v) is 2.65. The van der Waals surface area contributed by atoms with Crippen LogP contribution in [0.3, 0.4) is 0 Å². The van der Waals surface area contributed by atoms with E-state index in [1.165, 1.54) is 0 Å². The van der Waals surface area contributed by atoms with E-state index >= 15 is 0 Å². The van der Waals surface area contributed by atoms with Crippen molar-refractivity contribution in [2.45, 2.75) is 38.8 Å². The van der Waals surface area contributed by atoms with Crippen LogP contribution in [0, 0.1) is 13.8 Å². The maximum atomic E-state index is 11.8. The zero-order chi connectivity index (χ0) is 15.4. The lowest BCUT2D eigenvalue weighted by molar-refractivity contribution is 0.0729. The highest BCUT2D eigenvalue weighted by molar-refractivity contribution is 5.74. The average Bonchev–Trinajstić information content (AvgIpc) is 2.71. The standard InChI is InChI=1S/C14H24N4O3/c1-9-13(10(2)18(3)17-9)12(19)7-15-14(20)16-11-5-4-6-21-8-11/h11-12,19H,4-8H2,1-3H3,(H2,15,16,20)/t11-,12?/m1/s1. The molecular formula is C14H24N4O3. The fraction of sp³-hybridized carbons (Fsp3) is 0.714. The Morgan fingerprint density at radius 2 is 2.33 bits per heavy atom. The van der Waals surface area contributed by atoms with Crippen LogP contribution in [0.2, 0.25) is 0 Å². The van der Waals surface area contributed by atoms with Gasteiger partial charge >= 0.3 is 6.03 Å². The van der Waals surface area contributed by atoms with Gasteiger partial charge in [0, 0.05) is 31.5 Å². The van der Waals surface area contributed by atoms with Gasteiger partial charge in [0.05, 0.1) is 24.4 Å². The minimum absolute atomic E-state index is 0.0535. The largest absolute Gasteiger partial charge is 0.386 e. The number of hydrogen-bond acceptors (Lipinski definition) is 4. The Balaban J connectivity index is 1.82. The molecule has 7 nitrogen and oxygen atoms in total. The first-order valence-electron chi connectivity index (χ1n) is 7.29. The number of aromatic nitrogens is 2. The third-order valence-corrected chi connectivity index (χ3v) is 3.85. The number of nitrogens with one attached hydrogen (secondary N) is 2. The van der Waals surface area contributed by atoms with Crippen LogP contribution in [0.15, 0.2) is 0 Å². The molecule has 1 fully saturated rings. The molecule has 2 atom stereocenters. The van der Waals surface area contributed by atoms with Crippen LogP contribution in [0.25, 0.3) is 0 Å². The lowest BCUT2D eigenvalue weighted by Crippen LogP contribution is -2.46. The monoisotopic (exact) mass is 296 g/mol. The van der Waals surface area contributed by atoms with Gasteiger partial charge in [0.25, 0.3) is 0 Å². The molecule has 2 rings (SSSR count). The molecule has 1 saturated heterocycles. The summed E-state index contributed by atoms with van der Waals surface area (Å²) in [5.74, 6) is 0. The highest BCUT2D eigenvalue weighted by Crippen LogP contribution is 2.20. The molecule has 21 heavy (non-hydrogen) atoms. The van der Waals surface area contributed by atoms with Crippen molar-refractivity contribution in [3.05, 3.63) is 17.0 Å². The number of hydrogen-bond donors (Lipinski definition) is 3. The van der Waals surface area contributed by atoms with Gasteiger partial charge in [-0.05, 0) is 26.7 Å². The second-order valence-electron chi connectivity index (χ2n) is 5.49. The maximum Gasteiger partial charge on any atom is 0.315 e. The smallest absolute Gasteiger partial charge is 0.315 e. The topological polar surface area (TPSA) is 88.4 Å². The van der Waals surface area contributed by atoms with Crippen LogP contribution in [-0.4, -0.2) is 46.7 Å². The van der Waals surface area contributed by atoms with Gasteiger partial charge in [0.1, 0.15) is 0 Å². The SMILES string of the molecule is Cc1nn(C)c(C)c1C(O)CNC(=O)N[C@@H]1CCCOC1. The molecular weight excluding hydrogens is 272 g/mol. The van der Waals surface area contributed by atoms with Crippen LogP contribution in [0.1, 0.15) is 35.9 Å². The summed E-state index contributed by atoms with van der Waals surface area (Å²) in [6.07, 6.45) is 1.13. The summed E-state index contributed by atoms with van der Waals surface area (Å²) in [6.45, 7) is 5.23. The highest BCUT2D eigenvalue weighted by atomic mass is 16.5. The normalized spacial score (nSPS) is 20.1. The number of aliphatic hydroxyl groups excluding tert-OH is 1. The number of nitrogens with zero attached hydrogens (tertiary/aromatic N) is 2. The van der Waals surface area contributed by atoms with E-state index in [4.69, 9.17) is 4.74 Å². The molecule has 1 aromatic rings. The van der Waals surface area contributed by atoms with Gasteiger partial charge in [-0.2, -0.15) is 5.10 Å². The Labute approximate surface area is 124 Å². The summed E-state index contributed by atoms with van der Waals surface area (Å²) in [5.41, 5.74) is 2.46. The molecule has 1 unspecified atom stereocenters. The number of carbonyl (C=O) groups excluding carboxylic acids is 1. The number of ether oxygens (including phenoxy) is 1. The van der Waals surface area contributed by atoms with E-state index in [1.807, 2.05) is 20.9 Å². The van der Waals surface area contributed by atoms with E-state index in [-0.39, 0.29) is 18.6 Å². The molecule has 2 amide bonds. The van der Waals surface area contributed by atoms with E-state index in [2.05, 4.69) is 15.7 Å². The van der Waals surface area contributed by atoms with E-state index in [1.54, 1.807) is 4.68 Å². The Kier molecular flexibility index (Phi) is 5.19. The van der Waals surface area contributed by atoms with Crippen LogP contribution in [0.5, 0.6) is 0 Å². The third-order valence-electron chi connectivity index (χ3n) is 3.85. The van der Waals surface area contributed by atoms with Crippen LogP contribution in [-0.2, 0) is 11.8 Å². The summed E-state index contributed by atoms with van der Waals surface area (Å²) in [6, 6.07) is -0.221. The predicted octanol–water partition coefficient (Wildman–Crippen LogP) is 0.549. The molecule has 1 aromatic heterocycles. The molecule has 0 bridgehead atoms. The van der Waals surface area contributed by atoms with Crippen molar-refractivity contribution in [3.8, 4) is 0 Å². The van der Waals surface area contributed by atoms with Crippen molar-refractivity contribution in [1.29, 1.82) is 0 Å². The van der Waals surface area contributed by atoms with Gasteiger partial charge in [-0.3, -0.25) is 4.68 Å². The lowest BCUT2D eigenvalue weighted by Gasteiger charge is -2.23. The molecule has 0 aliphatic carbocycles. The van der Waals surface area contributed by atoms with E-state index in [0.29, 0.717) is 6.61 Å². The molecule has 1 aliphatic heterocycles. The molecule has 118 valence electrons. The van der Waals surface area contributed by atoms with Crippen molar-refractivity contribution in [2.24, 2.45) is 7.05 Å². The minimum Gasteiger partial charge on any atom is -0.386 e.